The molecule has 8 heteroatoms. The smallest absolute Gasteiger partial charge is 0.337 e. The van der Waals surface area contributed by atoms with Crippen LogP contribution in [0, 0.1) is 19.3 Å². The Hall–Kier alpha value is -3.39. The van der Waals surface area contributed by atoms with Gasteiger partial charge in [0.25, 0.3) is 5.56 Å². The molecule has 0 amide bonds. The van der Waals surface area contributed by atoms with Gasteiger partial charge in [-0.2, -0.15) is 0 Å². The number of pyridine rings is 1. The number of carbonyl (C=O) groups is 1. The van der Waals surface area contributed by atoms with Crippen LogP contribution in [0.25, 0.3) is 5.65 Å². The van der Waals surface area contributed by atoms with E-state index in [1.807, 2.05) is 26.8 Å². The molecule has 3 N–H and O–H groups in total. The summed E-state index contributed by atoms with van der Waals surface area (Å²) in [4.78, 5) is 32.5. The van der Waals surface area contributed by atoms with E-state index in [2.05, 4.69) is 10.2 Å². The zero-order chi connectivity index (χ0) is 24.9. The number of carboxylic acid groups (broad SMARTS) is 1. The van der Waals surface area contributed by atoms with E-state index in [9.17, 15) is 19.8 Å². The lowest BCUT2D eigenvalue weighted by atomic mass is 9.76. The second kappa shape index (κ2) is 8.68. The lowest BCUT2D eigenvalue weighted by Gasteiger charge is -2.29. The number of aliphatic hydroxyl groups is 1. The Morgan fingerprint density at radius 2 is 2.09 bits per heavy atom. The van der Waals surface area contributed by atoms with Gasteiger partial charge in [-0.3, -0.25) is 9.20 Å². The SMILES string of the molecule is Cc1cc(C(C)Nc2ccccc2C(=O)O)c2nc(N3CC4(CO)CCCC3C4)c(C)c(=O)n2c1. The van der Waals surface area contributed by atoms with Crippen LogP contribution in [0.15, 0.2) is 41.3 Å². The first-order valence-electron chi connectivity index (χ1n) is 12.2. The van der Waals surface area contributed by atoms with Gasteiger partial charge in [0.2, 0.25) is 0 Å². The average Bonchev–Trinajstić information content (AvgIpc) is 3.11. The third-order valence-corrected chi connectivity index (χ3v) is 7.75. The Morgan fingerprint density at radius 1 is 1.31 bits per heavy atom. The van der Waals surface area contributed by atoms with E-state index in [0.717, 1.165) is 36.8 Å². The molecule has 8 nitrogen and oxygen atoms in total. The van der Waals surface area contributed by atoms with Crippen molar-refractivity contribution in [2.24, 2.45) is 5.41 Å². The lowest BCUT2D eigenvalue weighted by Crippen LogP contribution is -2.34. The number of nitrogens with zero attached hydrogens (tertiary/aromatic N) is 3. The number of aromatic nitrogens is 2. The van der Waals surface area contributed by atoms with Crippen LogP contribution in [-0.2, 0) is 0 Å². The molecule has 1 aliphatic heterocycles. The molecule has 2 fully saturated rings. The number of aryl methyl sites for hydroxylation is 1. The van der Waals surface area contributed by atoms with Crippen LogP contribution in [0.2, 0.25) is 0 Å². The number of carboxylic acids is 1. The third kappa shape index (κ3) is 3.95. The zero-order valence-corrected chi connectivity index (χ0v) is 20.4. The molecule has 1 saturated heterocycles. The molecule has 2 aromatic heterocycles. The summed E-state index contributed by atoms with van der Waals surface area (Å²) in [5.74, 6) is -0.305. The van der Waals surface area contributed by atoms with E-state index in [-0.39, 0.29) is 35.2 Å². The summed E-state index contributed by atoms with van der Waals surface area (Å²) < 4.78 is 1.61. The van der Waals surface area contributed by atoms with Crippen LogP contribution in [-0.4, -0.2) is 44.8 Å². The van der Waals surface area contributed by atoms with Gasteiger partial charge in [-0.1, -0.05) is 18.6 Å². The molecule has 3 aromatic rings. The molecule has 1 aromatic carbocycles. The van der Waals surface area contributed by atoms with Crippen LogP contribution >= 0.6 is 0 Å². The number of fused-ring (bicyclic) bond motifs is 3. The van der Waals surface area contributed by atoms with Crippen LogP contribution in [0.1, 0.15) is 65.7 Å². The second-order valence-corrected chi connectivity index (χ2v) is 10.3. The number of rotatable bonds is 6. The summed E-state index contributed by atoms with van der Waals surface area (Å²) in [6, 6.07) is 8.78. The Balaban J connectivity index is 1.61. The number of hydrogen-bond donors (Lipinski definition) is 3. The van der Waals surface area contributed by atoms with Gasteiger partial charge in [0, 0.05) is 35.4 Å². The number of anilines is 2. The molecule has 3 atom stereocenters. The molecule has 0 spiro atoms. The Morgan fingerprint density at radius 3 is 2.80 bits per heavy atom. The number of aliphatic hydroxyl groups excluding tert-OH is 1. The van der Waals surface area contributed by atoms with E-state index in [0.29, 0.717) is 29.3 Å². The van der Waals surface area contributed by atoms with Gasteiger partial charge in [0.1, 0.15) is 11.5 Å². The Kier molecular flexibility index (Phi) is 5.79. The molecule has 2 bridgehead atoms. The van der Waals surface area contributed by atoms with Gasteiger partial charge < -0.3 is 20.4 Å². The highest BCUT2D eigenvalue weighted by Crippen LogP contribution is 2.46. The van der Waals surface area contributed by atoms with E-state index < -0.39 is 5.97 Å². The summed E-state index contributed by atoms with van der Waals surface area (Å²) >= 11 is 0. The first-order valence-corrected chi connectivity index (χ1v) is 12.2. The maximum atomic E-state index is 13.5. The lowest BCUT2D eigenvalue weighted by molar-refractivity contribution is 0.0698. The van der Waals surface area contributed by atoms with Gasteiger partial charge >= 0.3 is 5.97 Å². The highest BCUT2D eigenvalue weighted by Gasteiger charge is 2.47. The molecule has 2 aliphatic rings. The molecule has 3 unspecified atom stereocenters. The fourth-order valence-corrected chi connectivity index (χ4v) is 5.95. The fraction of sp³-hybridized carbons (Fsp3) is 0.444. The minimum absolute atomic E-state index is 0.104. The van der Waals surface area contributed by atoms with E-state index in [4.69, 9.17) is 4.98 Å². The normalized spacial score (nSPS) is 22.4. The van der Waals surface area contributed by atoms with Gasteiger partial charge in [0.05, 0.1) is 23.8 Å². The maximum Gasteiger partial charge on any atom is 0.337 e. The predicted octanol–water partition coefficient (Wildman–Crippen LogP) is 3.92. The van der Waals surface area contributed by atoms with Gasteiger partial charge in [-0.15, -0.1) is 0 Å². The Labute approximate surface area is 204 Å². The number of nitrogens with one attached hydrogen (secondary N) is 1. The molecule has 0 radical (unpaired) electrons. The number of aromatic carboxylic acids is 1. The molecule has 184 valence electrons. The van der Waals surface area contributed by atoms with Crippen LogP contribution in [0.4, 0.5) is 11.5 Å². The number of para-hydroxylation sites is 1. The largest absolute Gasteiger partial charge is 0.478 e. The Bertz CT molecular complexity index is 1370. The van der Waals surface area contributed by atoms with Gasteiger partial charge in [-0.25, -0.2) is 9.78 Å². The quantitative estimate of drug-likeness (QED) is 0.495. The first-order chi connectivity index (χ1) is 16.7. The summed E-state index contributed by atoms with van der Waals surface area (Å²) in [5.41, 5.74) is 3.39. The van der Waals surface area contributed by atoms with Crippen molar-refractivity contribution in [3.8, 4) is 0 Å². The van der Waals surface area contributed by atoms with E-state index >= 15 is 0 Å². The number of benzene rings is 1. The van der Waals surface area contributed by atoms with Crippen molar-refractivity contribution in [2.45, 2.75) is 58.5 Å². The molecule has 5 rings (SSSR count). The van der Waals surface area contributed by atoms with Crippen LogP contribution in [0.3, 0.4) is 0 Å². The van der Waals surface area contributed by atoms with Crippen LogP contribution < -0.4 is 15.8 Å². The van der Waals surface area contributed by atoms with Gasteiger partial charge in [-0.05, 0) is 63.8 Å². The maximum absolute atomic E-state index is 13.5. The van der Waals surface area contributed by atoms with Crippen molar-refractivity contribution in [2.75, 3.05) is 23.4 Å². The van der Waals surface area contributed by atoms with Crippen molar-refractivity contribution in [3.05, 3.63) is 69.1 Å². The molecule has 35 heavy (non-hydrogen) atoms. The highest BCUT2D eigenvalue weighted by atomic mass is 16.4. The predicted molar refractivity (Wildman–Crippen MR) is 135 cm³/mol. The second-order valence-electron chi connectivity index (χ2n) is 10.3. The van der Waals surface area contributed by atoms with Crippen molar-refractivity contribution >= 4 is 23.1 Å². The first kappa shape index (κ1) is 23.4. The minimum atomic E-state index is -1.00. The summed E-state index contributed by atoms with van der Waals surface area (Å²) in [6.45, 7) is 6.57. The van der Waals surface area contributed by atoms with Crippen LogP contribution in [0.5, 0.6) is 0 Å². The third-order valence-electron chi connectivity index (χ3n) is 7.75. The summed E-state index contributed by atoms with van der Waals surface area (Å²) in [7, 11) is 0. The van der Waals surface area contributed by atoms with Crippen molar-refractivity contribution in [1.82, 2.24) is 9.38 Å². The monoisotopic (exact) mass is 476 g/mol. The van der Waals surface area contributed by atoms with Gasteiger partial charge in [0.15, 0.2) is 0 Å². The standard InChI is InChI=1S/C27H32N4O4/c1-16-11-21(18(3)28-22-9-5-4-8-20(22)26(34)35)24-29-23(17(2)25(33)30(24)13-16)31-14-27(15-32)10-6-7-19(31)12-27/h4-5,8-9,11,13,18-19,28,32H,6-7,10,12,14-15H2,1-3H3,(H,34,35). The molecular weight excluding hydrogens is 444 g/mol. The summed E-state index contributed by atoms with van der Waals surface area (Å²) in [5, 5.41) is 23.0. The van der Waals surface area contributed by atoms with E-state index in [1.165, 1.54) is 0 Å². The van der Waals surface area contributed by atoms with Crippen molar-refractivity contribution in [1.29, 1.82) is 0 Å². The molecular formula is C27H32N4O4. The van der Waals surface area contributed by atoms with Crippen molar-refractivity contribution < 1.29 is 15.0 Å². The molecule has 1 saturated carbocycles. The van der Waals surface area contributed by atoms with E-state index in [1.54, 1.807) is 34.9 Å². The van der Waals surface area contributed by atoms with Crippen molar-refractivity contribution in [3.63, 3.8) is 0 Å². The zero-order valence-electron chi connectivity index (χ0n) is 20.4. The highest BCUT2D eigenvalue weighted by molar-refractivity contribution is 5.94. The summed E-state index contributed by atoms with van der Waals surface area (Å²) in [6.07, 6.45) is 5.83. The number of hydrogen-bond acceptors (Lipinski definition) is 6. The molecule has 1 aliphatic carbocycles. The fourth-order valence-electron chi connectivity index (χ4n) is 5.95. The molecule has 3 heterocycles. The topological polar surface area (TPSA) is 107 Å². The average molecular weight is 477 g/mol. The minimum Gasteiger partial charge on any atom is -0.478 e.